The monoisotopic (exact) mass is 289 g/mol. The van der Waals surface area contributed by atoms with Crippen molar-refractivity contribution < 1.29 is 9.18 Å². The summed E-state index contributed by atoms with van der Waals surface area (Å²) in [6.45, 7) is 8.94. The summed E-state index contributed by atoms with van der Waals surface area (Å²) in [6, 6.07) is 6.52. The van der Waals surface area contributed by atoms with Gasteiger partial charge in [-0.25, -0.2) is 4.39 Å². The van der Waals surface area contributed by atoms with Gasteiger partial charge in [0.05, 0.1) is 5.92 Å². The molecule has 0 aromatic heterocycles. The zero-order chi connectivity index (χ0) is 15.6. The average molecular weight is 289 g/mol. The first-order valence-electron chi connectivity index (χ1n) is 7.49. The second-order valence-electron chi connectivity index (χ2n) is 6.74. The Morgan fingerprint density at radius 2 is 2.10 bits per heavy atom. The van der Waals surface area contributed by atoms with Crippen molar-refractivity contribution in [3.05, 3.63) is 47.3 Å². The van der Waals surface area contributed by atoms with E-state index >= 15 is 0 Å². The van der Waals surface area contributed by atoms with Gasteiger partial charge < -0.3 is 5.32 Å². The summed E-state index contributed by atoms with van der Waals surface area (Å²) in [5.74, 6) is 0.265. The molecule has 1 aliphatic carbocycles. The van der Waals surface area contributed by atoms with Crippen LogP contribution >= 0.6 is 0 Å². The van der Waals surface area contributed by atoms with Gasteiger partial charge in [-0.1, -0.05) is 37.6 Å². The van der Waals surface area contributed by atoms with Crippen molar-refractivity contribution in [3.8, 4) is 0 Å². The van der Waals surface area contributed by atoms with Crippen molar-refractivity contribution in [2.75, 3.05) is 6.54 Å². The number of hydrogen-bond donors (Lipinski definition) is 1. The largest absolute Gasteiger partial charge is 0.355 e. The van der Waals surface area contributed by atoms with Crippen molar-refractivity contribution in [2.45, 2.75) is 34.1 Å². The zero-order valence-corrected chi connectivity index (χ0v) is 13.2. The molecule has 1 aromatic carbocycles. The number of rotatable bonds is 5. The first kappa shape index (κ1) is 15.7. The van der Waals surface area contributed by atoms with Crippen LogP contribution in [0.25, 0.3) is 0 Å². The maximum absolute atomic E-state index is 13.1. The van der Waals surface area contributed by atoms with E-state index in [1.165, 1.54) is 17.7 Å². The van der Waals surface area contributed by atoms with Crippen LogP contribution in [0.4, 0.5) is 4.39 Å². The van der Waals surface area contributed by atoms with E-state index in [0.29, 0.717) is 18.9 Å². The standard InChI is InChI=1S/C18H24FNO/c1-12(2)10-15-16(18(15,3)4)17(21)20-9-8-13-6-5-7-14(19)11-13/h5-7,10-11,15-16H,8-9H2,1-4H3,(H,20,21). The highest BCUT2D eigenvalue weighted by Gasteiger charge is 2.60. The van der Waals surface area contributed by atoms with Crippen LogP contribution in [0, 0.1) is 23.1 Å². The molecule has 3 heteroatoms. The minimum absolute atomic E-state index is 0.0419. The average Bonchev–Trinajstić information content (AvgIpc) is 2.89. The zero-order valence-electron chi connectivity index (χ0n) is 13.2. The highest BCUT2D eigenvalue weighted by molar-refractivity contribution is 5.83. The molecule has 2 unspecified atom stereocenters. The number of carbonyl (C=O) groups excluding carboxylic acids is 1. The van der Waals surface area contributed by atoms with Crippen molar-refractivity contribution in [3.63, 3.8) is 0 Å². The number of halogens is 1. The number of amides is 1. The number of hydrogen-bond acceptors (Lipinski definition) is 1. The maximum Gasteiger partial charge on any atom is 0.224 e. The highest BCUT2D eigenvalue weighted by atomic mass is 19.1. The quantitative estimate of drug-likeness (QED) is 0.822. The Hall–Kier alpha value is -1.64. The van der Waals surface area contributed by atoms with Crippen molar-refractivity contribution in [1.82, 2.24) is 5.32 Å². The van der Waals surface area contributed by atoms with Crippen LogP contribution in [0.1, 0.15) is 33.3 Å². The lowest BCUT2D eigenvalue weighted by Crippen LogP contribution is -2.28. The third-order valence-corrected chi connectivity index (χ3v) is 4.31. The molecule has 1 amide bonds. The van der Waals surface area contributed by atoms with Crippen molar-refractivity contribution in [1.29, 1.82) is 0 Å². The molecule has 114 valence electrons. The van der Waals surface area contributed by atoms with Gasteiger partial charge in [0.1, 0.15) is 5.82 Å². The predicted molar refractivity (Wildman–Crippen MR) is 83.3 cm³/mol. The minimum atomic E-state index is -0.231. The van der Waals surface area contributed by atoms with Crippen molar-refractivity contribution >= 4 is 5.91 Å². The minimum Gasteiger partial charge on any atom is -0.355 e. The molecular formula is C18H24FNO. The van der Waals surface area contributed by atoms with E-state index in [1.54, 1.807) is 6.07 Å². The van der Waals surface area contributed by atoms with Gasteiger partial charge in [0, 0.05) is 6.54 Å². The van der Waals surface area contributed by atoms with Crippen LogP contribution in [0.5, 0.6) is 0 Å². The molecule has 2 nitrogen and oxygen atoms in total. The molecule has 0 aliphatic heterocycles. The Morgan fingerprint density at radius 1 is 1.38 bits per heavy atom. The van der Waals surface area contributed by atoms with Gasteiger partial charge in [-0.2, -0.15) is 0 Å². The fourth-order valence-electron chi connectivity index (χ4n) is 2.98. The molecule has 0 radical (unpaired) electrons. The second-order valence-corrected chi connectivity index (χ2v) is 6.74. The molecule has 2 rings (SSSR count). The number of carbonyl (C=O) groups is 1. The lowest BCUT2D eigenvalue weighted by atomic mass is 10.1. The summed E-state index contributed by atoms with van der Waals surface area (Å²) in [7, 11) is 0. The third kappa shape index (κ3) is 3.72. The van der Waals surface area contributed by atoms with Crippen LogP contribution in [-0.4, -0.2) is 12.5 Å². The molecule has 1 aliphatic rings. The van der Waals surface area contributed by atoms with E-state index in [9.17, 15) is 9.18 Å². The van der Waals surface area contributed by atoms with E-state index in [4.69, 9.17) is 0 Å². The SMILES string of the molecule is CC(C)=CC1C(C(=O)NCCc2cccc(F)c2)C1(C)C. The lowest BCUT2D eigenvalue weighted by molar-refractivity contribution is -0.123. The molecule has 1 N–H and O–H groups in total. The molecular weight excluding hydrogens is 265 g/mol. The van der Waals surface area contributed by atoms with Crippen LogP contribution in [0.2, 0.25) is 0 Å². The molecule has 0 spiro atoms. The van der Waals surface area contributed by atoms with Crippen LogP contribution in [0.3, 0.4) is 0 Å². The van der Waals surface area contributed by atoms with Gasteiger partial charge in [-0.05, 0) is 49.3 Å². The Labute approximate surface area is 126 Å². The number of nitrogens with one attached hydrogen (secondary N) is 1. The normalized spacial score (nSPS) is 22.5. The molecule has 1 fully saturated rings. The first-order chi connectivity index (χ1) is 9.82. The van der Waals surface area contributed by atoms with Gasteiger partial charge in [0.15, 0.2) is 0 Å². The Balaban J connectivity index is 1.85. The van der Waals surface area contributed by atoms with Crippen molar-refractivity contribution in [2.24, 2.45) is 17.3 Å². The molecule has 0 heterocycles. The Kier molecular flexibility index (Phi) is 4.50. The van der Waals surface area contributed by atoms with Crippen LogP contribution in [-0.2, 0) is 11.2 Å². The second kappa shape index (κ2) is 6.00. The van der Waals surface area contributed by atoms with E-state index < -0.39 is 0 Å². The Bertz CT molecular complexity index is 558. The third-order valence-electron chi connectivity index (χ3n) is 4.31. The molecule has 2 atom stereocenters. The first-order valence-corrected chi connectivity index (χ1v) is 7.49. The number of allylic oxidation sites excluding steroid dienone is 2. The van der Waals surface area contributed by atoms with E-state index in [0.717, 1.165) is 5.56 Å². The summed E-state index contributed by atoms with van der Waals surface area (Å²) in [5, 5.41) is 2.98. The molecule has 1 aromatic rings. The maximum atomic E-state index is 13.1. The fourth-order valence-corrected chi connectivity index (χ4v) is 2.98. The topological polar surface area (TPSA) is 29.1 Å². The molecule has 0 bridgehead atoms. The van der Waals surface area contributed by atoms with E-state index in [-0.39, 0.29) is 23.1 Å². The lowest BCUT2D eigenvalue weighted by Gasteiger charge is -2.06. The van der Waals surface area contributed by atoms with Crippen LogP contribution < -0.4 is 5.32 Å². The fraction of sp³-hybridized carbons (Fsp3) is 0.500. The van der Waals surface area contributed by atoms with Gasteiger partial charge in [-0.15, -0.1) is 0 Å². The Morgan fingerprint density at radius 3 is 2.71 bits per heavy atom. The summed E-state index contributed by atoms with van der Waals surface area (Å²) in [5.41, 5.74) is 2.20. The molecule has 21 heavy (non-hydrogen) atoms. The number of benzene rings is 1. The summed E-state index contributed by atoms with van der Waals surface area (Å²) in [6.07, 6.45) is 2.85. The summed E-state index contributed by atoms with van der Waals surface area (Å²) >= 11 is 0. The van der Waals surface area contributed by atoms with Gasteiger partial charge >= 0.3 is 0 Å². The molecule has 1 saturated carbocycles. The summed E-state index contributed by atoms with van der Waals surface area (Å²) in [4.78, 5) is 12.3. The van der Waals surface area contributed by atoms with E-state index in [1.807, 2.05) is 6.07 Å². The van der Waals surface area contributed by atoms with Gasteiger partial charge in [0.25, 0.3) is 0 Å². The predicted octanol–water partition coefficient (Wildman–Crippen LogP) is 3.72. The summed E-state index contributed by atoms with van der Waals surface area (Å²) < 4.78 is 13.1. The van der Waals surface area contributed by atoms with Gasteiger partial charge in [-0.3, -0.25) is 4.79 Å². The van der Waals surface area contributed by atoms with Gasteiger partial charge in [0.2, 0.25) is 5.91 Å². The smallest absolute Gasteiger partial charge is 0.224 e. The van der Waals surface area contributed by atoms with E-state index in [2.05, 4.69) is 39.1 Å². The van der Waals surface area contributed by atoms with Crippen LogP contribution in [0.15, 0.2) is 35.9 Å². The molecule has 0 saturated heterocycles. The highest BCUT2D eigenvalue weighted by Crippen LogP contribution is 2.59.